The Balaban J connectivity index is 2.01. The monoisotopic (exact) mass is 274 g/mol. The van der Waals surface area contributed by atoms with Crippen molar-refractivity contribution in [2.75, 3.05) is 12.8 Å². The van der Waals surface area contributed by atoms with Gasteiger partial charge in [-0.3, -0.25) is 4.79 Å². The van der Waals surface area contributed by atoms with E-state index in [4.69, 9.17) is 10.5 Å². The Morgan fingerprint density at radius 2 is 1.95 bits per heavy atom. The minimum absolute atomic E-state index is 0.111. The van der Waals surface area contributed by atoms with Crippen molar-refractivity contribution in [1.29, 1.82) is 0 Å². The molecule has 2 aromatic carbocycles. The molecule has 2 aromatic rings. The predicted molar refractivity (Wildman–Crippen MR) is 75.0 cm³/mol. The molecule has 0 fully saturated rings. The molecule has 0 bridgehead atoms. The summed E-state index contributed by atoms with van der Waals surface area (Å²) >= 11 is 0. The van der Waals surface area contributed by atoms with E-state index in [1.165, 1.54) is 19.2 Å². The van der Waals surface area contributed by atoms with E-state index in [0.29, 0.717) is 12.2 Å². The molecule has 0 heterocycles. The van der Waals surface area contributed by atoms with Crippen molar-refractivity contribution < 1.29 is 13.9 Å². The molecule has 0 radical (unpaired) electrons. The summed E-state index contributed by atoms with van der Waals surface area (Å²) in [5, 5.41) is 2.71. The summed E-state index contributed by atoms with van der Waals surface area (Å²) in [6.07, 6.45) is 0. The fourth-order valence-electron chi connectivity index (χ4n) is 1.73. The normalized spacial score (nSPS) is 10.1. The Hall–Kier alpha value is -2.56. The summed E-state index contributed by atoms with van der Waals surface area (Å²) in [6.45, 7) is 0.354. The molecule has 1 amide bonds. The van der Waals surface area contributed by atoms with Crippen LogP contribution in [0.2, 0.25) is 0 Å². The fraction of sp³-hybridized carbons (Fsp3) is 0.133. The molecule has 104 valence electrons. The van der Waals surface area contributed by atoms with E-state index >= 15 is 0 Å². The largest absolute Gasteiger partial charge is 0.494 e. The maximum atomic E-state index is 13.5. The molecule has 0 aromatic heterocycles. The number of hydrogen-bond acceptors (Lipinski definition) is 3. The maximum Gasteiger partial charge on any atom is 0.251 e. The molecule has 0 aliphatic rings. The molecular weight excluding hydrogens is 259 g/mol. The minimum atomic E-state index is -0.562. The first-order valence-electron chi connectivity index (χ1n) is 6.06. The number of hydrogen-bond donors (Lipinski definition) is 2. The standard InChI is InChI=1S/C15H15FN2O2/c1-20-14-7-4-11(8-13(14)16)15(19)18-9-10-2-5-12(17)6-3-10/h2-8H,9,17H2,1H3,(H,18,19). The summed E-state index contributed by atoms with van der Waals surface area (Å²) in [4.78, 5) is 11.9. The lowest BCUT2D eigenvalue weighted by molar-refractivity contribution is 0.0950. The van der Waals surface area contributed by atoms with E-state index in [9.17, 15) is 9.18 Å². The summed E-state index contributed by atoms with van der Waals surface area (Å²) in [7, 11) is 1.37. The first-order valence-corrected chi connectivity index (χ1v) is 6.06. The van der Waals surface area contributed by atoms with Gasteiger partial charge in [-0.1, -0.05) is 12.1 Å². The van der Waals surface area contributed by atoms with E-state index < -0.39 is 5.82 Å². The molecule has 3 N–H and O–H groups in total. The fourth-order valence-corrected chi connectivity index (χ4v) is 1.73. The first-order chi connectivity index (χ1) is 9.60. The summed E-state index contributed by atoms with van der Waals surface area (Å²) in [5.74, 6) is -0.795. The summed E-state index contributed by atoms with van der Waals surface area (Å²) in [5.41, 5.74) is 7.41. The number of halogens is 1. The van der Waals surface area contributed by atoms with Gasteiger partial charge in [-0.05, 0) is 35.9 Å². The number of amides is 1. The highest BCUT2D eigenvalue weighted by Crippen LogP contribution is 2.17. The van der Waals surface area contributed by atoms with Crippen LogP contribution in [0.3, 0.4) is 0 Å². The number of anilines is 1. The van der Waals surface area contributed by atoms with Crippen LogP contribution in [0.4, 0.5) is 10.1 Å². The van der Waals surface area contributed by atoms with Gasteiger partial charge >= 0.3 is 0 Å². The van der Waals surface area contributed by atoms with E-state index in [-0.39, 0.29) is 17.2 Å². The average molecular weight is 274 g/mol. The Morgan fingerprint density at radius 1 is 1.25 bits per heavy atom. The molecule has 0 spiro atoms. The maximum absolute atomic E-state index is 13.5. The molecular formula is C15H15FN2O2. The Kier molecular flexibility index (Phi) is 4.20. The van der Waals surface area contributed by atoms with Gasteiger partial charge < -0.3 is 15.8 Å². The van der Waals surface area contributed by atoms with Crippen LogP contribution in [0.1, 0.15) is 15.9 Å². The zero-order chi connectivity index (χ0) is 14.5. The van der Waals surface area contributed by atoms with Crippen LogP contribution in [0.25, 0.3) is 0 Å². The van der Waals surface area contributed by atoms with Crippen molar-refractivity contribution in [2.24, 2.45) is 0 Å². The van der Waals surface area contributed by atoms with Crippen molar-refractivity contribution in [2.45, 2.75) is 6.54 Å². The molecule has 0 aliphatic heterocycles. The van der Waals surface area contributed by atoms with Crippen LogP contribution in [0.15, 0.2) is 42.5 Å². The third-order valence-electron chi connectivity index (χ3n) is 2.85. The number of methoxy groups -OCH3 is 1. The van der Waals surface area contributed by atoms with Crippen LogP contribution in [0.5, 0.6) is 5.75 Å². The Morgan fingerprint density at radius 3 is 2.55 bits per heavy atom. The molecule has 0 unspecified atom stereocenters. The molecule has 0 saturated carbocycles. The lowest BCUT2D eigenvalue weighted by atomic mass is 10.1. The first kappa shape index (κ1) is 13.9. The van der Waals surface area contributed by atoms with E-state index in [1.807, 2.05) is 12.1 Å². The molecule has 0 aliphatic carbocycles. The number of ether oxygens (including phenoxy) is 1. The van der Waals surface area contributed by atoms with Crippen molar-refractivity contribution in [3.63, 3.8) is 0 Å². The third-order valence-corrected chi connectivity index (χ3v) is 2.85. The van der Waals surface area contributed by atoms with Crippen molar-refractivity contribution >= 4 is 11.6 Å². The van der Waals surface area contributed by atoms with Crippen LogP contribution < -0.4 is 15.8 Å². The van der Waals surface area contributed by atoms with Gasteiger partial charge in [0, 0.05) is 17.8 Å². The zero-order valence-electron chi connectivity index (χ0n) is 11.0. The summed E-state index contributed by atoms with van der Waals surface area (Å²) < 4.78 is 18.3. The molecule has 0 atom stereocenters. The third kappa shape index (κ3) is 3.26. The van der Waals surface area contributed by atoms with Gasteiger partial charge in [-0.25, -0.2) is 4.39 Å². The number of nitrogens with two attached hydrogens (primary N) is 1. The SMILES string of the molecule is COc1ccc(C(=O)NCc2ccc(N)cc2)cc1F. The van der Waals surface area contributed by atoms with Crippen LogP contribution in [-0.4, -0.2) is 13.0 Å². The second kappa shape index (κ2) is 6.06. The lowest BCUT2D eigenvalue weighted by Gasteiger charge is -2.07. The predicted octanol–water partition coefficient (Wildman–Crippen LogP) is 2.35. The molecule has 5 heteroatoms. The number of carbonyl (C=O) groups is 1. The minimum Gasteiger partial charge on any atom is -0.494 e. The second-order valence-electron chi connectivity index (χ2n) is 4.27. The van der Waals surface area contributed by atoms with Gasteiger partial charge in [0.1, 0.15) is 0 Å². The Labute approximate surface area is 116 Å². The van der Waals surface area contributed by atoms with E-state index in [1.54, 1.807) is 12.1 Å². The molecule has 20 heavy (non-hydrogen) atoms. The number of nitrogens with one attached hydrogen (secondary N) is 1. The van der Waals surface area contributed by atoms with Crippen LogP contribution >= 0.6 is 0 Å². The molecule has 2 rings (SSSR count). The van der Waals surface area contributed by atoms with Gasteiger partial charge in [0.15, 0.2) is 11.6 Å². The average Bonchev–Trinajstić information content (AvgIpc) is 2.46. The number of nitrogen functional groups attached to an aromatic ring is 1. The molecule has 0 saturated heterocycles. The Bertz CT molecular complexity index is 612. The van der Waals surface area contributed by atoms with E-state index in [0.717, 1.165) is 11.6 Å². The van der Waals surface area contributed by atoms with Gasteiger partial charge in [-0.2, -0.15) is 0 Å². The highest BCUT2D eigenvalue weighted by molar-refractivity contribution is 5.94. The van der Waals surface area contributed by atoms with Crippen molar-refractivity contribution in [3.8, 4) is 5.75 Å². The van der Waals surface area contributed by atoms with Crippen LogP contribution in [-0.2, 0) is 6.54 Å². The highest BCUT2D eigenvalue weighted by atomic mass is 19.1. The highest BCUT2D eigenvalue weighted by Gasteiger charge is 2.09. The topological polar surface area (TPSA) is 64.3 Å². The smallest absolute Gasteiger partial charge is 0.251 e. The van der Waals surface area contributed by atoms with Gasteiger partial charge in [0.05, 0.1) is 7.11 Å². The van der Waals surface area contributed by atoms with Crippen molar-refractivity contribution in [3.05, 3.63) is 59.4 Å². The lowest BCUT2D eigenvalue weighted by Crippen LogP contribution is -2.22. The van der Waals surface area contributed by atoms with Gasteiger partial charge in [0.2, 0.25) is 0 Å². The molecule has 4 nitrogen and oxygen atoms in total. The van der Waals surface area contributed by atoms with Crippen LogP contribution in [0, 0.1) is 5.82 Å². The quantitative estimate of drug-likeness (QED) is 0.841. The second-order valence-corrected chi connectivity index (χ2v) is 4.27. The number of rotatable bonds is 4. The zero-order valence-corrected chi connectivity index (χ0v) is 11.0. The number of benzene rings is 2. The number of carbonyl (C=O) groups excluding carboxylic acids is 1. The summed E-state index contributed by atoms with van der Waals surface area (Å²) in [6, 6.07) is 11.3. The van der Waals surface area contributed by atoms with Crippen molar-refractivity contribution in [1.82, 2.24) is 5.32 Å². The van der Waals surface area contributed by atoms with Gasteiger partial charge in [-0.15, -0.1) is 0 Å². The van der Waals surface area contributed by atoms with E-state index in [2.05, 4.69) is 5.32 Å². The van der Waals surface area contributed by atoms with Gasteiger partial charge in [0.25, 0.3) is 5.91 Å².